The summed E-state index contributed by atoms with van der Waals surface area (Å²) in [6, 6.07) is -0.902. The van der Waals surface area contributed by atoms with E-state index in [9.17, 15) is 14.4 Å². The first-order valence-electron chi connectivity index (χ1n) is 6.15. The van der Waals surface area contributed by atoms with Gasteiger partial charge >= 0.3 is 5.97 Å². The van der Waals surface area contributed by atoms with Crippen LogP contribution < -0.4 is 10.6 Å². The summed E-state index contributed by atoms with van der Waals surface area (Å²) in [5, 5.41) is 13.8. The quantitative estimate of drug-likeness (QED) is 0.591. The number of carbonyl (C=O) groups is 3. The zero-order valence-corrected chi connectivity index (χ0v) is 11.2. The first-order chi connectivity index (χ1) is 8.36. The average molecular weight is 258 g/mol. The van der Waals surface area contributed by atoms with E-state index in [0.29, 0.717) is 19.3 Å². The highest BCUT2D eigenvalue weighted by Gasteiger charge is 2.20. The molecular formula is C12H22N2O4. The van der Waals surface area contributed by atoms with Gasteiger partial charge in [0.15, 0.2) is 0 Å². The van der Waals surface area contributed by atoms with Crippen molar-refractivity contribution in [3.8, 4) is 0 Å². The highest BCUT2D eigenvalue weighted by molar-refractivity contribution is 5.87. The molecule has 0 aliphatic rings. The fraction of sp³-hybridized carbons (Fsp3) is 0.750. The van der Waals surface area contributed by atoms with Crippen LogP contribution in [0.25, 0.3) is 0 Å². The van der Waals surface area contributed by atoms with Crippen molar-refractivity contribution in [1.82, 2.24) is 10.6 Å². The van der Waals surface area contributed by atoms with E-state index in [1.165, 1.54) is 0 Å². The van der Waals surface area contributed by atoms with Crippen LogP contribution >= 0.6 is 0 Å². The monoisotopic (exact) mass is 258 g/mol. The Kier molecular flexibility index (Phi) is 7.74. The lowest BCUT2D eigenvalue weighted by atomic mass is 10.0. The topological polar surface area (TPSA) is 95.5 Å². The summed E-state index contributed by atoms with van der Waals surface area (Å²) < 4.78 is 0. The molecule has 0 aromatic rings. The van der Waals surface area contributed by atoms with Gasteiger partial charge in [-0.1, -0.05) is 20.8 Å². The lowest BCUT2D eigenvalue weighted by Gasteiger charge is -2.16. The van der Waals surface area contributed by atoms with Crippen LogP contribution in [0.1, 0.15) is 40.0 Å². The van der Waals surface area contributed by atoms with Crippen molar-refractivity contribution in [1.29, 1.82) is 0 Å². The third kappa shape index (κ3) is 7.65. The van der Waals surface area contributed by atoms with Crippen molar-refractivity contribution in [2.75, 3.05) is 6.54 Å². The molecule has 0 fully saturated rings. The molecule has 0 bridgehead atoms. The van der Waals surface area contributed by atoms with E-state index in [2.05, 4.69) is 10.6 Å². The Bertz CT molecular complexity index is 302. The minimum Gasteiger partial charge on any atom is -0.480 e. The minimum atomic E-state index is -1.06. The standard InChI is InChI=1S/C12H22N2O4/c1-4-5-10(15)13-7-11(16)14-9(12(17)18)6-8(2)3/h8-9H,4-7H2,1-3H3,(H,13,15)(H,14,16)(H,17,18)/t9-/m0/s1. The van der Waals surface area contributed by atoms with Crippen LogP contribution in [0.5, 0.6) is 0 Å². The molecule has 0 radical (unpaired) electrons. The number of nitrogens with one attached hydrogen (secondary N) is 2. The molecule has 6 heteroatoms. The molecular weight excluding hydrogens is 236 g/mol. The average Bonchev–Trinajstić information content (AvgIpc) is 2.25. The summed E-state index contributed by atoms with van der Waals surface area (Å²) in [6.07, 6.45) is 1.43. The predicted octanol–water partition coefficient (Wildman–Crippen LogP) is 0.518. The maximum atomic E-state index is 11.5. The first kappa shape index (κ1) is 16.4. The van der Waals surface area contributed by atoms with Gasteiger partial charge in [-0.05, 0) is 18.8 Å². The van der Waals surface area contributed by atoms with E-state index in [1.54, 1.807) is 0 Å². The summed E-state index contributed by atoms with van der Waals surface area (Å²) in [4.78, 5) is 33.5. The molecule has 0 aromatic carbocycles. The lowest BCUT2D eigenvalue weighted by Crippen LogP contribution is -2.46. The van der Waals surface area contributed by atoms with Crippen molar-refractivity contribution in [2.24, 2.45) is 5.92 Å². The number of hydrogen-bond donors (Lipinski definition) is 3. The van der Waals surface area contributed by atoms with Crippen LogP contribution in [-0.2, 0) is 14.4 Å². The van der Waals surface area contributed by atoms with Crippen molar-refractivity contribution in [2.45, 2.75) is 46.1 Å². The largest absolute Gasteiger partial charge is 0.480 e. The Balaban J connectivity index is 4.10. The number of amides is 2. The second kappa shape index (κ2) is 8.49. The van der Waals surface area contributed by atoms with Crippen molar-refractivity contribution < 1.29 is 19.5 Å². The van der Waals surface area contributed by atoms with Crippen molar-refractivity contribution >= 4 is 17.8 Å². The van der Waals surface area contributed by atoms with E-state index in [0.717, 1.165) is 0 Å². The van der Waals surface area contributed by atoms with Gasteiger partial charge in [0, 0.05) is 6.42 Å². The lowest BCUT2D eigenvalue weighted by molar-refractivity contribution is -0.142. The highest BCUT2D eigenvalue weighted by atomic mass is 16.4. The third-order valence-corrected chi connectivity index (χ3v) is 2.26. The molecule has 0 heterocycles. The van der Waals surface area contributed by atoms with Crippen molar-refractivity contribution in [3.63, 3.8) is 0 Å². The van der Waals surface area contributed by atoms with Gasteiger partial charge in [-0.15, -0.1) is 0 Å². The van der Waals surface area contributed by atoms with Gasteiger partial charge in [0.05, 0.1) is 6.54 Å². The molecule has 2 amide bonds. The van der Waals surface area contributed by atoms with E-state index >= 15 is 0 Å². The number of rotatable bonds is 8. The van der Waals surface area contributed by atoms with Gasteiger partial charge < -0.3 is 15.7 Å². The summed E-state index contributed by atoms with van der Waals surface area (Å²) in [5.41, 5.74) is 0. The molecule has 104 valence electrons. The molecule has 0 saturated carbocycles. The predicted molar refractivity (Wildman–Crippen MR) is 66.9 cm³/mol. The second-order valence-corrected chi connectivity index (χ2v) is 4.61. The van der Waals surface area contributed by atoms with Gasteiger partial charge in [-0.3, -0.25) is 9.59 Å². The van der Waals surface area contributed by atoms with Gasteiger partial charge in [-0.2, -0.15) is 0 Å². The Morgan fingerprint density at radius 1 is 1.17 bits per heavy atom. The summed E-state index contributed by atoms with van der Waals surface area (Å²) in [7, 11) is 0. The SMILES string of the molecule is CCCC(=O)NCC(=O)N[C@@H](CC(C)C)C(=O)O. The van der Waals surface area contributed by atoms with Gasteiger partial charge in [-0.25, -0.2) is 4.79 Å². The molecule has 3 N–H and O–H groups in total. The molecule has 0 aliphatic carbocycles. The molecule has 1 atom stereocenters. The molecule has 0 spiro atoms. The Morgan fingerprint density at radius 3 is 2.22 bits per heavy atom. The smallest absolute Gasteiger partial charge is 0.326 e. The minimum absolute atomic E-state index is 0.168. The van der Waals surface area contributed by atoms with E-state index in [4.69, 9.17) is 5.11 Å². The fourth-order valence-corrected chi connectivity index (χ4v) is 1.43. The number of aliphatic carboxylic acids is 1. The molecule has 6 nitrogen and oxygen atoms in total. The number of carboxylic acids is 1. The number of carbonyl (C=O) groups excluding carboxylic acids is 2. The van der Waals surface area contributed by atoms with Crippen LogP contribution in [0, 0.1) is 5.92 Å². The zero-order chi connectivity index (χ0) is 14.1. The van der Waals surface area contributed by atoms with Crippen LogP contribution in [0.3, 0.4) is 0 Å². The summed E-state index contributed by atoms with van der Waals surface area (Å²) in [5.74, 6) is -1.58. The zero-order valence-electron chi connectivity index (χ0n) is 11.2. The Hall–Kier alpha value is -1.59. The maximum Gasteiger partial charge on any atom is 0.326 e. The van der Waals surface area contributed by atoms with E-state index in [-0.39, 0.29) is 18.4 Å². The molecule has 18 heavy (non-hydrogen) atoms. The van der Waals surface area contributed by atoms with Crippen LogP contribution in [0.2, 0.25) is 0 Å². The normalized spacial score (nSPS) is 12.0. The summed E-state index contributed by atoms with van der Waals surface area (Å²) in [6.45, 7) is 5.44. The first-order valence-corrected chi connectivity index (χ1v) is 6.15. The number of hydrogen-bond acceptors (Lipinski definition) is 3. The molecule has 0 saturated heterocycles. The molecule has 0 aromatic heterocycles. The maximum absolute atomic E-state index is 11.5. The molecule has 0 aliphatic heterocycles. The Morgan fingerprint density at radius 2 is 1.78 bits per heavy atom. The van der Waals surface area contributed by atoms with Crippen LogP contribution in [0.15, 0.2) is 0 Å². The second-order valence-electron chi connectivity index (χ2n) is 4.61. The van der Waals surface area contributed by atoms with Crippen LogP contribution in [-0.4, -0.2) is 35.5 Å². The number of carboxylic acid groups (broad SMARTS) is 1. The third-order valence-electron chi connectivity index (χ3n) is 2.26. The highest BCUT2D eigenvalue weighted by Crippen LogP contribution is 2.04. The van der Waals surface area contributed by atoms with Gasteiger partial charge in [0.2, 0.25) is 11.8 Å². The molecule has 0 rings (SSSR count). The Labute approximate surface area is 107 Å². The van der Waals surface area contributed by atoms with E-state index < -0.39 is 17.9 Å². The molecule has 0 unspecified atom stereocenters. The fourth-order valence-electron chi connectivity index (χ4n) is 1.43. The van der Waals surface area contributed by atoms with Crippen LogP contribution in [0.4, 0.5) is 0 Å². The van der Waals surface area contributed by atoms with E-state index in [1.807, 2.05) is 20.8 Å². The summed E-state index contributed by atoms with van der Waals surface area (Å²) >= 11 is 0. The van der Waals surface area contributed by atoms with Gasteiger partial charge in [0.25, 0.3) is 0 Å². The van der Waals surface area contributed by atoms with Gasteiger partial charge in [0.1, 0.15) is 6.04 Å². The van der Waals surface area contributed by atoms with Crippen molar-refractivity contribution in [3.05, 3.63) is 0 Å².